The largest absolute Gasteiger partial charge is 0.460 e. The van der Waals surface area contributed by atoms with Gasteiger partial charge in [0.1, 0.15) is 12.0 Å². The Bertz CT molecular complexity index is 271. The van der Waals surface area contributed by atoms with E-state index >= 15 is 0 Å². The first kappa shape index (κ1) is 16.1. The van der Waals surface area contributed by atoms with Crippen LogP contribution in [0.2, 0.25) is 0 Å². The number of hydrogen-bond acceptors (Lipinski definition) is 7. The smallest absolute Gasteiger partial charge is 0.415 e. The van der Waals surface area contributed by atoms with Crippen LogP contribution in [-0.2, 0) is 18.9 Å². The number of halogens is 2. The lowest BCUT2D eigenvalue weighted by atomic mass is 10.2. The lowest BCUT2D eigenvalue weighted by Crippen LogP contribution is -2.27. The van der Waals surface area contributed by atoms with Crippen LogP contribution in [0, 0.1) is 11.3 Å². The van der Waals surface area contributed by atoms with Crippen LogP contribution in [0.5, 0.6) is 0 Å². The highest BCUT2D eigenvalue weighted by molar-refractivity contribution is 7.96. The van der Waals surface area contributed by atoms with Crippen molar-refractivity contribution < 1.29 is 32.9 Å². The normalized spacial score (nSPS) is 10.9. The Kier molecular flexibility index (Phi) is 8.61. The van der Waals surface area contributed by atoms with E-state index in [4.69, 9.17) is 10.5 Å². The van der Waals surface area contributed by atoms with Crippen LogP contribution in [-0.4, -0.2) is 23.1 Å². The second-order valence-corrected chi connectivity index (χ2v) is 3.66. The minimum atomic E-state index is -3.95. The molecule has 0 aromatic heterocycles. The van der Waals surface area contributed by atoms with Crippen molar-refractivity contribution in [2.24, 2.45) is 0 Å². The minimum absolute atomic E-state index is 0.166. The van der Waals surface area contributed by atoms with Crippen LogP contribution in [0.1, 0.15) is 25.7 Å². The van der Waals surface area contributed by atoms with Gasteiger partial charge in [0.25, 0.3) is 0 Å². The molecule has 1 N–H and O–H groups in total. The number of alkyl halides is 2. The number of hydrogen-bond donors (Lipinski definition) is 1. The lowest BCUT2D eigenvalue weighted by molar-refractivity contribution is -0.433. The fourth-order valence-electron chi connectivity index (χ4n) is 0.824. The maximum absolute atomic E-state index is 12.8. The minimum Gasteiger partial charge on any atom is -0.460 e. The molecule has 0 aromatic rings. The monoisotopic (exact) mass is 271 g/mol. The zero-order valence-corrected chi connectivity index (χ0v) is 9.54. The average Bonchev–Trinajstić information content (AvgIpc) is 2.30. The Hall–Kier alpha value is -0.950. The molecule has 0 atom stereocenters. The maximum Gasteiger partial charge on any atom is 0.415 e. The second-order valence-electron chi connectivity index (χ2n) is 2.85. The summed E-state index contributed by atoms with van der Waals surface area (Å²) in [6.07, 6.45) is 2.00. The molecule has 0 amide bonds. The predicted octanol–water partition coefficient (Wildman–Crippen LogP) is 2.28. The highest BCUT2D eigenvalue weighted by Crippen LogP contribution is 2.31. The maximum atomic E-state index is 12.8. The summed E-state index contributed by atoms with van der Waals surface area (Å²) in [5.74, 6) is -1.78. The molecule has 0 fully saturated rings. The second kappa shape index (κ2) is 9.12. The molecule has 0 radical (unpaired) electrons. The highest BCUT2D eigenvalue weighted by Gasteiger charge is 2.44. The first-order valence-electron chi connectivity index (χ1n) is 4.62. The number of carbonyl (C=O) groups excluding carboxylic acids is 1. The van der Waals surface area contributed by atoms with Gasteiger partial charge in [0.2, 0.25) is 0 Å². The average molecular weight is 271 g/mol. The van der Waals surface area contributed by atoms with Crippen LogP contribution in [0.3, 0.4) is 0 Å². The van der Waals surface area contributed by atoms with E-state index in [0.29, 0.717) is 25.7 Å². The molecular weight excluding hydrogens is 260 g/mol. The third kappa shape index (κ3) is 7.87. The standard InChI is InChI=1S/C8H11F2NO5S/c9-8(10,17-16-15-13)7(12)14-6-4-2-1-3-5-11/h13H,1-4,6H2. The summed E-state index contributed by atoms with van der Waals surface area (Å²) in [4.78, 5) is 10.8. The summed E-state index contributed by atoms with van der Waals surface area (Å²) in [5.41, 5.74) is 0. The van der Waals surface area contributed by atoms with Crippen LogP contribution in [0.25, 0.3) is 0 Å². The first-order valence-corrected chi connectivity index (χ1v) is 5.36. The van der Waals surface area contributed by atoms with Gasteiger partial charge in [-0.2, -0.15) is 14.0 Å². The first-order chi connectivity index (χ1) is 8.04. The molecule has 0 unspecified atom stereocenters. The molecule has 0 rings (SSSR count). The van der Waals surface area contributed by atoms with Crippen molar-refractivity contribution >= 4 is 18.0 Å². The zero-order chi connectivity index (χ0) is 13.1. The van der Waals surface area contributed by atoms with Crippen molar-refractivity contribution in [2.45, 2.75) is 30.9 Å². The van der Waals surface area contributed by atoms with E-state index in [0.717, 1.165) is 0 Å². The molecule has 0 aliphatic rings. The molecule has 0 spiro atoms. The van der Waals surface area contributed by atoms with Crippen LogP contribution in [0.15, 0.2) is 0 Å². The molecule has 0 saturated carbocycles. The van der Waals surface area contributed by atoms with E-state index in [2.05, 4.69) is 14.1 Å². The van der Waals surface area contributed by atoms with Gasteiger partial charge in [-0.3, -0.25) is 0 Å². The summed E-state index contributed by atoms with van der Waals surface area (Å²) in [5, 5.41) is 14.9. The molecule has 0 saturated heterocycles. The molecule has 0 aromatic carbocycles. The molecule has 0 heterocycles. The molecular formula is C8H11F2NO5S. The van der Waals surface area contributed by atoms with Gasteiger partial charge < -0.3 is 4.74 Å². The molecule has 0 aliphatic carbocycles. The van der Waals surface area contributed by atoms with Crippen molar-refractivity contribution in [3.8, 4) is 6.07 Å². The van der Waals surface area contributed by atoms with E-state index in [1.54, 1.807) is 0 Å². The third-order valence-corrected chi connectivity index (χ3v) is 2.08. The van der Waals surface area contributed by atoms with Gasteiger partial charge >= 0.3 is 11.2 Å². The van der Waals surface area contributed by atoms with E-state index < -0.39 is 23.3 Å². The van der Waals surface area contributed by atoms with E-state index in [1.807, 2.05) is 6.07 Å². The van der Waals surface area contributed by atoms with E-state index in [1.165, 1.54) is 0 Å². The number of nitriles is 1. The van der Waals surface area contributed by atoms with Gasteiger partial charge in [-0.1, -0.05) is 5.04 Å². The molecule has 17 heavy (non-hydrogen) atoms. The zero-order valence-electron chi connectivity index (χ0n) is 8.73. The fraction of sp³-hybridized carbons (Fsp3) is 0.750. The number of esters is 1. The van der Waals surface area contributed by atoms with Crippen molar-refractivity contribution in [2.75, 3.05) is 6.61 Å². The molecule has 0 bridgehead atoms. The van der Waals surface area contributed by atoms with E-state index in [-0.39, 0.29) is 6.61 Å². The van der Waals surface area contributed by atoms with Crippen molar-refractivity contribution in [1.29, 1.82) is 5.26 Å². The fourth-order valence-corrected chi connectivity index (χ4v) is 1.07. The van der Waals surface area contributed by atoms with E-state index in [9.17, 15) is 13.6 Å². The number of carbonyl (C=O) groups is 1. The Morgan fingerprint density at radius 3 is 2.71 bits per heavy atom. The number of ether oxygens (including phenoxy) is 1. The van der Waals surface area contributed by atoms with Gasteiger partial charge in [0.05, 0.1) is 12.7 Å². The highest BCUT2D eigenvalue weighted by atomic mass is 32.2. The van der Waals surface area contributed by atoms with Gasteiger partial charge in [0.15, 0.2) is 0 Å². The Balaban J connectivity index is 3.67. The van der Waals surface area contributed by atoms with Crippen molar-refractivity contribution in [1.82, 2.24) is 0 Å². The Labute approximate surface area is 101 Å². The summed E-state index contributed by atoms with van der Waals surface area (Å²) < 4.78 is 33.3. The Morgan fingerprint density at radius 1 is 1.41 bits per heavy atom. The van der Waals surface area contributed by atoms with Gasteiger partial charge in [-0.05, 0) is 19.3 Å². The van der Waals surface area contributed by atoms with Crippen LogP contribution < -0.4 is 0 Å². The molecule has 0 aliphatic heterocycles. The third-order valence-electron chi connectivity index (χ3n) is 1.57. The van der Waals surface area contributed by atoms with Crippen molar-refractivity contribution in [3.63, 3.8) is 0 Å². The number of unbranched alkanes of at least 4 members (excludes halogenated alkanes) is 3. The molecule has 9 heteroatoms. The molecule has 98 valence electrons. The molecule has 6 nitrogen and oxygen atoms in total. The summed E-state index contributed by atoms with van der Waals surface area (Å²) >= 11 is -0.664. The number of nitrogens with zero attached hydrogens (tertiary/aromatic N) is 1. The van der Waals surface area contributed by atoms with Crippen LogP contribution in [0.4, 0.5) is 8.78 Å². The van der Waals surface area contributed by atoms with Crippen LogP contribution >= 0.6 is 12.0 Å². The summed E-state index contributed by atoms with van der Waals surface area (Å²) in [6.45, 7) is -0.166. The number of rotatable bonds is 9. The topological polar surface area (TPSA) is 88.8 Å². The predicted molar refractivity (Wildman–Crippen MR) is 52.4 cm³/mol. The van der Waals surface area contributed by atoms with Gasteiger partial charge in [-0.25, -0.2) is 10.1 Å². The van der Waals surface area contributed by atoms with Gasteiger partial charge in [-0.15, -0.1) is 4.33 Å². The Morgan fingerprint density at radius 2 is 2.12 bits per heavy atom. The quantitative estimate of drug-likeness (QED) is 0.226. The lowest BCUT2D eigenvalue weighted by Gasteiger charge is -2.11. The van der Waals surface area contributed by atoms with Gasteiger partial charge in [0, 0.05) is 6.42 Å². The SMILES string of the molecule is N#CCCCCCOC(=O)C(F)(F)SOOO. The summed E-state index contributed by atoms with van der Waals surface area (Å²) in [6, 6.07) is 1.93. The van der Waals surface area contributed by atoms with Crippen molar-refractivity contribution in [3.05, 3.63) is 0 Å². The summed E-state index contributed by atoms with van der Waals surface area (Å²) in [7, 11) is 0.